The highest BCUT2D eigenvalue weighted by atomic mass is 15.1. The van der Waals surface area contributed by atoms with Gasteiger partial charge in [0.25, 0.3) is 0 Å². The third-order valence-corrected chi connectivity index (χ3v) is 10.7. The van der Waals surface area contributed by atoms with Crippen molar-refractivity contribution in [2.75, 3.05) is 0 Å². The minimum Gasteiger partial charge on any atom is -0.309 e. The van der Waals surface area contributed by atoms with Crippen LogP contribution in [0.5, 0.6) is 0 Å². The first-order valence-electron chi connectivity index (χ1n) is 17.8. The average Bonchev–Trinajstić information content (AvgIpc) is 3.74. The lowest BCUT2D eigenvalue weighted by Crippen LogP contribution is -2.00. The minimum atomic E-state index is 0.899. The van der Waals surface area contributed by atoms with E-state index >= 15 is 0 Å². The predicted octanol–water partition coefficient (Wildman–Crippen LogP) is 12.9. The zero-order valence-electron chi connectivity index (χ0n) is 28.2. The first-order chi connectivity index (χ1) is 25.8. The van der Waals surface area contributed by atoms with Gasteiger partial charge in [0.05, 0.1) is 27.8 Å². The van der Waals surface area contributed by atoms with Crippen molar-refractivity contribution in [3.8, 4) is 45.0 Å². The Hall–Kier alpha value is -6.97. The first kappa shape index (κ1) is 28.8. The van der Waals surface area contributed by atoms with E-state index in [0.29, 0.717) is 0 Å². The molecule has 0 aliphatic rings. The number of para-hydroxylation sites is 2. The van der Waals surface area contributed by atoms with E-state index in [0.717, 1.165) is 39.2 Å². The zero-order chi connectivity index (χ0) is 34.2. The molecule has 3 heterocycles. The maximum Gasteiger partial charge on any atom is 0.138 e. The maximum atomic E-state index is 5.37. The number of aromatic nitrogens is 3. The van der Waals surface area contributed by atoms with Gasteiger partial charge < -0.3 is 4.57 Å². The van der Waals surface area contributed by atoms with Crippen LogP contribution in [0.3, 0.4) is 0 Å². The normalized spacial score (nSPS) is 11.8. The van der Waals surface area contributed by atoms with Gasteiger partial charge in [0.15, 0.2) is 0 Å². The molecule has 0 atom stereocenters. The van der Waals surface area contributed by atoms with Crippen LogP contribution in [-0.2, 0) is 0 Å². The Morgan fingerprint density at radius 1 is 0.346 bits per heavy atom. The molecule has 3 nitrogen and oxygen atoms in total. The van der Waals surface area contributed by atoms with Crippen LogP contribution in [-0.4, -0.2) is 14.1 Å². The Bertz CT molecular complexity index is 3040. The minimum absolute atomic E-state index is 0.899. The lowest BCUT2D eigenvalue weighted by atomic mass is 9.94. The number of hydrogen-bond acceptors (Lipinski definition) is 1. The van der Waals surface area contributed by atoms with E-state index in [1.54, 1.807) is 0 Å². The van der Waals surface area contributed by atoms with E-state index in [1.165, 1.54) is 60.2 Å². The summed E-state index contributed by atoms with van der Waals surface area (Å²) in [5.41, 5.74) is 12.6. The smallest absolute Gasteiger partial charge is 0.138 e. The van der Waals surface area contributed by atoms with E-state index in [9.17, 15) is 0 Å². The quantitative estimate of drug-likeness (QED) is 0.168. The summed E-state index contributed by atoms with van der Waals surface area (Å²) in [5, 5.41) is 7.56. The highest BCUT2D eigenvalue weighted by molar-refractivity contribution is 6.26. The van der Waals surface area contributed by atoms with Crippen molar-refractivity contribution in [3.05, 3.63) is 188 Å². The summed E-state index contributed by atoms with van der Waals surface area (Å²) in [6.45, 7) is 0. The van der Waals surface area contributed by atoms with Gasteiger partial charge in [-0.25, -0.2) is 4.98 Å². The van der Waals surface area contributed by atoms with Crippen LogP contribution in [0.1, 0.15) is 0 Å². The van der Waals surface area contributed by atoms with Crippen LogP contribution in [0, 0.1) is 0 Å². The number of benzene rings is 8. The maximum absolute atomic E-state index is 5.37. The van der Waals surface area contributed by atoms with E-state index in [1.807, 2.05) is 0 Å². The van der Waals surface area contributed by atoms with Crippen molar-refractivity contribution in [2.24, 2.45) is 0 Å². The standard InChI is InChI=1S/C49H31N3/c1-4-13-32(14-5-1)36-29-42(33-15-6-2-7-16-33)50-47(31-36)52-43-21-11-10-20-39(43)40-25-24-35(30-46(40)52)38-27-28-45-49-41(38)26-23-34-17-12-22-44(48(34)49)51(45)37-18-8-3-9-19-37/h1-31H. The van der Waals surface area contributed by atoms with Gasteiger partial charge in [-0.1, -0.05) is 140 Å². The number of fused-ring (bicyclic) bond motifs is 3. The fourth-order valence-corrected chi connectivity index (χ4v) is 8.36. The lowest BCUT2D eigenvalue weighted by molar-refractivity contribution is 1.08. The van der Waals surface area contributed by atoms with Gasteiger partial charge in [-0.15, -0.1) is 0 Å². The van der Waals surface area contributed by atoms with Gasteiger partial charge >= 0.3 is 0 Å². The molecule has 0 aliphatic heterocycles. The molecule has 8 aromatic carbocycles. The van der Waals surface area contributed by atoms with Crippen molar-refractivity contribution in [3.63, 3.8) is 0 Å². The van der Waals surface area contributed by atoms with Crippen molar-refractivity contribution in [1.29, 1.82) is 0 Å². The molecule has 0 radical (unpaired) electrons. The van der Waals surface area contributed by atoms with Crippen molar-refractivity contribution in [1.82, 2.24) is 14.1 Å². The molecule has 0 saturated heterocycles. The Balaban J connectivity index is 1.18. The molecule has 11 aromatic rings. The van der Waals surface area contributed by atoms with Crippen LogP contribution in [0.25, 0.3) is 99.4 Å². The number of pyridine rings is 1. The highest BCUT2D eigenvalue weighted by Crippen LogP contribution is 2.44. The Kier molecular flexibility index (Phi) is 6.25. The second-order valence-electron chi connectivity index (χ2n) is 13.6. The largest absolute Gasteiger partial charge is 0.309 e. The number of rotatable bonds is 5. The van der Waals surface area contributed by atoms with Crippen LogP contribution in [0.15, 0.2) is 188 Å². The molecule has 3 heteroatoms. The first-order valence-corrected chi connectivity index (χ1v) is 17.8. The van der Waals surface area contributed by atoms with E-state index in [4.69, 9.17) is 4.98 Å². The lowest BCUT2D eigenvalue weighted by Gasteiger charge is -2.14. The van der Waals surface area contributed by atoms with Crippen LogP contribution in [0.4, 0.5) is 0 Å². The van der Waals surface area contributed by atoms with Crippen molar-refractivity contribution in [2.45, 2.75) is 0 Å². The van der Waals surface area contributed by atoms with E-state index in [2.05, 4.69) is 197 Å². The molecule has 0 aliphatic carbocycles. The SMILES string of the molecule is c1ccc(-c2cc(-c3ccccc3)nc(-n3c4ccccc4c4ccc(-c5ccc6c7c5ccc5cccc(c57)n6-c5ccccc5)cc43)c2)cc1. The van der Waals surface area contributed by atoms with Gasteiger partial charge in [0, 0.05) is 32.8 Å². The number of nitrogens with zero attached hydrogens (tertiary/aromatic N) is 3. The summed E-state index contributed by atoms with van der Waals surface area (Å²) in [7, 11) is 0. The average molecular weight is 662 g/mol. The molecular formula is C49H31N3. The molecule has 52 heavy (non-hydrogen) atoms. The van der Waals surface area contributed by atoms with E-state index < -0.39 is 0 Å². The molecule has 242 valence electrons. The highest BCUT2D eigenvalue weighted by Gasteiger charge is 2.20. The van der Waals surface area contributed by atoms with E-state index in [-0.39, 0.29) is 0 Å². The number of hydrogen-bond donors (Lipinski definition) is 0. The molecular weight excluding hydrogens is 631 g/mol. The monoisotopic (exact) mass is 661 g/mol. The molecule has 0 amide bonds. The summed E-state index contributed by atoms with van der Waals surface area (Å²) in [4.78, 5) is 5.37. The Morgan fingerprint density at radius 2 is 1.02 bits per heavy atom. The summed E-state index contributed by atoms with van der Waals surface area (Å²) in [5.74, 6) is 0.899. The van der Waals surface area contributed by atoms with Gasteiger partial charge in [0.2, 0.25) is 0 Å². The second-order valence-corrected chi connectivity index (χ2v) is 13.6. The van der Waals surface area contributed by atoms with Gasteiger partial charge in [-0.2, -0.15) is 0 Å². The van der Waals surface area contributed by atoms with Crippen LogP contribution in [0.2, 0.25) is 0 Å². The fourth-order valence-electron chi connectivity index (χ4n) is 8.36. The summed E-state index contributed by atoms with van der Waals surface area (Å²) < 4.78 is 4.76. The van der Waals surface area contributed by atoms with Crippen LogP contribution < -0.4 is 0 Å². The Labute approximate surface area is 300 Å². The Morgan fingerprint density at radius 3 is 1.85 bits per heavy atom. The third kappa shape index (κ3) is 4.30. The summed E-state index contributed by atoms with van der Waals surface area (Å²) >= 11 is 0. The van der Waals surface area contributed by atoms with Crippen molar-refractivity contribution >= 4 is 54.4 Å². The molecule has 11 rings (SSSR count). The predicted molar refractivity (Wildman–Crippen MR) is 218 cm³/mol. The molecule has 0 fully saturated rings. The van der Waals surface area contributed by atoms with Crippen molar-refractivity contribution < 1.29 is 0 Å². The topological polar surface area (TPSA) is 22.8 Å². The van der Waals surface area contributed by atoms with Crippen LogP contribution >= 0.6 is 0 Å². The summed E-state index contributed by atoms with van der Waals surface area (Å²) in [6, 6.07) is 67.8. The van der Waals surface area contributed by atoms with Gasteiger partial charge in [0.1, 0.15) is 5.82 Å². The van der Waals surface area contributed by atoms with Gasteiger partial charge in [-0.05, 0) is 81.6 Å². The fraction of sp³-hybridized carbons (Fsp3) is 0. The molecule has 0 bridgehead atoms. The van der Waals surface area contributed by atoms with Gasteiger partial charge in [-0.3, -0.25) is 4.57 Å². The third-order valence-electron chi connectivity index (χ3n) is 10.7. The second kappa shape index (κ2) is 11.3. The summed E-state index contributed by atoms with van der Waals surface area (Å²) in [6.07, 6.45) is 0. The molecule has 3 aromatic heterocycles. The molecule has 0 unspecified atom stereocenters. The zero-order valence-corrected chi connectivity index (χ0v) is 28.2. The molecule has 0 N–H and O–H groups in total. The molecule has 0 spiro atoms. The molecule has 0 saturated carbocycles.